The Bertz CT molecular complexity index is 553. The standard InChI is InChI=1S/C10H9BrN2O2S/c1-15-6-2-5(11)3-7-10(6)13-9(16-7)4-8(12)14/h2-3H,4H2,1H3,(H2,12,14). The van der Waals surface area contributed by atoms with E-state index in [0.29, 0.717) is 10.8 Å². The van der Waals surface area contributed by atoms with E-state index in [1.54, 1.807) is 7.11 Å². The molecular formula is C10H9BrN2O2S. The van der Waals surface area contributed by atoms with Gasteiger partial charge in [-0.1, -0.05) is 15.9 Å². The number of amides is 1. The summed E-state index contributed by atoms with van der Waals surface area (Å²) in [5, 5.41) is 0.707. The summed E-state index contributed by atoms with van der Waals surface area (Å²) in [5.74, 6) is 0.313. The molecule has 0 bridgehead atoms. The number of halogens is 1. The van der Waals surface area contributed by atoms with Gasteiger partial charge in [0.2, 0.25) is 5.91 Å². The molecule has 0 aliphatic carbocycles. The summed E-state index contributed by atoms with van der Waals surface area (Å²) >= 11 is 4.84. The van der Waals surface area contributed by atoms with Crippen LogP contribution in [0.5, 0.6) is 5.75 Å². The fourth-order valence-electron chi connectivity index (χ4n) is 1.39. The number of hydrogen-bond donors (Lipinski definition) is 1. The van der Waals surface area contributed by atoms with Gasteiger partial charge in [0.1, 0.15) is 16.3 Å². The van der Waals surface area contributed by atoms with Gasteiger partial charge in [0.25, 0.3) is 0 Å². The number of carbonyl (C=O) groups is 1. The van der Waals surface area contributed by atoms with E-state index in [-0.39, 0.29) is 12.3 Å². The second kappa shape index (κ2) is 4.39. The molecule has 0 radical (unpaired) electrons. The lowest BCUT2D eigenvalue weighted by Crippen LogP contribution is -2.13. The Morgan fingerprint density at radius 2 is 2.38 bits per heavy atom. The van der Waals surface area contributed by atoms with Gasteiger partial charge in [-0.2, -0.15) is 0 Å². The fourth-order valence-corrected chi connectivity index (χ4v) is 3.02. The van der Waals surface area contributed by atoms with Crippen LogP contribution in [-0.2, 0) is 11.2 Å². The number of ether oxygens (including phenoxy) is 1. The van der Waals surface area contributed by atoms with Crippen LogP contribution in [0.2, 0.25) is 0 Å². The van der Waals surface area contributed by atoms with E-state index < -0.39 is 0 Å². The molecule has 16 heavy (non-hydrogen) atoms. The summed E-state index contributed by atoms with van der Waals surface area (Å²) in [6, 6.07) is 3.79. The van der Waals surface area contributed by atoms with Crippen molar-refractivity contribution in [3.05, 3.63) is 21.6 Å². The molecular weight excluding hydrogens is 292 g/mol. The van der Waals surface area contributed by atoms with Gasteiger partial charge in [0.15, 0.2) is 0 Å². The minimum Gasteiger partial charge on any atom is -0.494 e. The highest BCUT2D eigenvalue weighted by Crippen LogP contribution is 2.33. The highest BCUT2D eigenvalue weighted by Gasteiger charge is 2.11. The smallest absolute Gasteiger partial charge is 0.224 e. The van der Waals surface area contributed by atoms with Gasteiger partial charge in [-0.15, -0.1) is 11.3 Å². The number of carbonyl (C=O) groups excluding carboxylic acids is 1. The number of fused-ring (bicyclic) bond motifs is 1. The summed E-state index contributed by atoms with van der Waals surface area (Å²) < 4.78 is 7.12. The van der Waals surface area contributed by atoms with E-state index in [2.05, 4.69) is 20.9 Å². The number of methoxy groups -OCH3 is 1. The molecule has 1 amide bonds. The highest BCUT2D eigenvalue weighted by atomic mass is 79.9. The number of hydrogen-bond acceptors (Lipinski definition) is 4. The minimum atomic E-state index is -0.378. The van der Waals surface area contributed by atoms with Crippen LogP contribution in [0.25, 0.3) is 10.2 Å². The quantitative estimate of drug-likeness (QED) is 0.944. The number of aromatic nitrogens is 1. The van der Waals surface area contributed by atoms with Crippen LogP contribution in [0.4, 0.5) is 0 Å². The normalized spacial score (nSPS) is 10.6. The van der Waals surface area contributed by atoms with Gasteiger partial charge in [-0.05, 0) is 12.1 Å². The van der Waals surface area contributed by atoms with Crippen molar-refractivity contribution >= 4 is 43.4 Å². The molecule has 0 aliphatic rings. The molecule has 0 aliphatic heterocycles. The zero-order valence-electron chi connectivity index (χ0n) is 8.49. The van der Waals surface area contributed by atoms with E-state index in [1.807, 2.05) is 12.1 Å². The molecule has 2 N–H and O–H groups in total. The predicted octanol–water partition coefficient (Wildman–Crippen LogP) is 2.10. The summed E-state index contributed by atoms with van der Waals surface area (Å²) in [5.41, 5.74) is 5.90. The van der Waals surface area contributed by atoms with Crippen molar-refractivity contribution in [3.8, 4) is 5.75 Å². The number of nitrogens with zero attached hydrogens (tertiary/aromatic N) is 1. The number of thiazole rings is 1. The second-order valence-electron chi connectivity index (χ2n) is 3.21. The molecule has 1 aromatic heterocycles. The van der Waals surface area contributed by atoms with Crippen molar-refractivity contribution in [1.82, 2.24) is 4.98 Å². The van der Waals surface area contributed by atoms with E-state index in [0.717, 1.165) is 14.7 Å². The average molecular weight is 301 g/mol. The van der Waals surface area contributed by atoms with Crippen LogP contribution >= 0.6 is 27.3 Å². The minimum absolute atomic E-state index is 0.167. The Balaban J connectivity index is 2.55. The first-order valence-electron chi connectivity index (χ1n) is 4.51. The van der Waals surface area contributed by atoms with Crippen LogP contribution in [-0.4, -0.2) is 18.0 Å². The zero-order valence-corrected chi connectivity index (χ0v) is 10.9. The summed E-state index contributed by atoms with van der Waals surface area (Å²) in [6.45, 7) is 0. The van der Waals surface area contributed by atoms with Crippen molar-refractivity contribution in [2.24, 2.45) is 5.73 Å². The molecule has 0 saturated heterocycles. The second-order valence-corrected chi connectivity index (χ2v) is 5.24. The Hall–Kier alpha value is -1.14. The van der Waals surface area contributed by atoms with E-state index in [4.69, 9.17) is 10.5 Å². The number of benzene rings is 1. The van der Waals surface area contributed by atoms with E-state index >= 15 is 0 Å². The molecule has 0 atom stereocenters. The largest absolute Gasteiger partial charge is 0.494 e. The third-order valence-electron chi connectivity index (χ3n) is 2.01. The Morgan fingerprint density at radius 3 is 3.00 bits per heavy atom. The fraction of sp³-hybridized carbons (Fsp3) is 0.200. The van der Waals surface area contributed by atoms with Crippen LogP contribution < -0.4 is 10.5 Å². The summed E-state index contributed by atoms with van der Waals surface area (Å²) in [7, 11) is 1.59. The first kappa shape index (κ1) is 11.3. The molecule has 84 valence electrons. The van der Waals surface area contributed by atoms with Gasteiger partial charge >= 0.3 is 0 Å². The maximum Gasteiger partial charge on any atom is 0.224 e. The third-order valence-corrected chi connectivity index (χ3v) is 3.47. The predicted molar refractivity (Wildman–Crippen MR) is 66.8 cm³/mol. The number of nitrogens with two attached hydrogens (primary N) is 1. The lowest BCUT2D eigenvalue weighted by molar-refractivity contribution is -0.117. The monoisotopic (exact) mass is 300 g/mol. The molecule has 0 fully saturated rings. The maximum atomic E-state index is 10.8. The molecule has 1 heterocycles. The van der Waals surface area contributed by atoms with Crippen molar-refractivity contribution in [3.63, 3.8) is 0 Å². The third kappa shape index (κ3) is 2.17. The first-order valence-corrected chi connectivity index (χ1v) is 6.12. The van der Waals surface area contributed by atoms with Gasteiger partial charge in [-0.3, -0.25) is 4.79 Å². The lowest BCUT2D eigenvalue weighted by atomic mass is 10.3. The molecule has 0 saturated carbocycles. The van der Waals surface area contributed by atoms with Crippen LogP contribution in [0.15, 0.2) is 16.6 Å². The maximum absolute atomic E-state index is 10.8. The molecule has 1 aromatic carbocycles. The Labute approximate surface area is 105 Å². The van der Waals surface area contributed by atoms with E-state index in [1.165, 1.54) is 11.3 Å². The van der Waals surface area contributed by atoms with Crippen molar-refractivity contribution < 1.29 is 9.53 Å². The van der Waals surface area contributed by atoms with Gasteiger partial charge in [-0.25, -0.2) is 4.98 Å². The van der Waals surface area contributed by atoms with Gasteiger partial charge < -0.3 is 10.5 Å². The molecule has 6 heteroatoms. The first-order chi connectivity index (χ1) is 7.60. The number of primary amides is 1. The van der Waals surface area contributed by atoms with Crippen molar-refractivity contribution in [1.29, 1.82) is 0 Å². The average Bonchev–Trinajstić information content (AvgIpc) is 2.57. The Kier molecular flexibility index (Phi) is 3.11. The Morgan fingerprint density at radius 1 is 1.62 bits per heavy atom. The van der Waals surface area contributed by atoms with Crippen LogP contribution in [0, 0.1) is 0 Å². The molecule has 0 spiro atoms. The van der Waals surface area contributed by atoms with Gasteiger partial charge in [0, 0.05) is 4.47 Å². The summed E-state index contributed by atoms with van der Waals surface area (Å²) in [4.78, 5) is 15.2. The highest BCUT2D eigenvalue weighted by molar-refractivity contribution is 9.10. The topological polar surface area (TPSA) is 65.2 Å². The molecule has 2 aromatic rings. The van der Waals surface area contributed by atoms with E-state index in [9.17, 15) is 4.79 Å². The SMILES string of the molecule is COc1cc(Br)cc2sc(CC(N)=O)nc12. The van der Waals surface area contributed by atoms with Crippen LogP contribution in [0.3, 0.4) is 0 Å². The molecule has 0 unspecified atom stereocenters. The zero-order chi connectivity index (χ0) is 11.7. The molecule has 2 rings (SSSR count). The van der Waals surface area contributed by atoms with Crippen molar-refractivity contribution in [2.75, 3.05) is 7.11 Å². The molecule has 4 nitrogen and oxygen atoms in total. The number of rotatable bonds is 3. The van der Waals surface area contributed by atoms with Gasteiger partial charge in [0.05, 0.1) is 18.2 Å². The lowest BCUT2D eigenvalue weighted by Gasteiger charge is -2.00. The van der Waals surface area contributed by atoms with Crippen LogP contribution in [0.1, 0.15) is 5.01 Å². The summed E-state index contributed by atoms with van der Waals surface area (Å²) in [6.07, 6.45) is 0.167. The van der Waals surface area contributed by atoms with Crippen molar-refractivity contribution in [2.45, 2.75) is 6.42 Å².